The molecule has 0 aliphatic heterocycles. The van der Waals surface area contributed by atoms with Crippen LogP contribution >= 0.6 is 11.6 Å². The predicted molar refractivity (Wildman–Crippen MR) is 67.9 cm³/mol. The molecule has 17 heavy (non-hydrogen) atoms. The largest absolute Gasteiger partial charge is 0.494 e. The van der Waals surface area contributed by atoms with Gasteiger partial charge in [-0.3, -0.25) is 0 Å². The zero-order valence-corrected chi connectivity index (χ0v) is 10.1. The van der Waals surface area contributed by atoms with Crippen molar-refractivity contribution in [2.75, 3.05) is 11.9 Å². The van der Waals surface area contributed by atoms with Gasteiger partial charge in [-0.25, -0.2) is 0 Å². The molecule has 0 aliphatic rings. The second kappa shape index (κ2) is 5.50. The number of hydrogen-bond donors (Lipinski definition) is 1. The van der Waals surface area contributed by atoms with Crippen LogP contribution in [0.4, 0.5) is 11.5 Å². The van der Waals surface area contributed by atoms with Gasteiger partial charge in [0.15, 0.2) is 11.0 Å². The minimum Gasteiger partial charge on any atom is -0.494 e. The molecular weight excluding hydrogens is 238 g/mol. The summed E-state index contributed by atoms with van der Waals surface area (Å²) in [6.07, 6.45) is 0. The van der Waals surface area contributed by atoms with Gasteiger partial charge in [-0.2, -0.15) is 0 Å². The first-order chi connectivity index (χ1) is 8.28. The first-order valence-electron chi connectivity index (χ1n) is 5.27. The topological polar surface area (TPSA) is 47.0 Å². The van der Waals surface area contributed by atoms with Crippen LogP contribution in [-0.2, 0) is 0 Å². The summed E-state index contributed by atoms with van der Waals surface area (Å²) in [5.74, 6) is 1.46. The Morgan fingerprint density at radius 1 is 1.24 bits per heavy atom. The summed E-state index contributed by atoms with van der Waals surface area (Å²) in [7, 11) is 0. The Morgan fingerprint density at radius 2 is 2.12 bits per heavy atom. The zero-order valence-electron chi connectivity index (χ0n) is 9.35. The quantitative estimate of drug-likeness (QED) is 0.903. The van der Waals surface area contributed by atoms with Crippen LogP contribution in [0.15, 0.2) is 36.4 Å². The van der Waals surface area contributed by atoms with Crippen molar-refractivity contribution in [3.63, 3.8) is 0 Å². The molecule has 0 amide bonds. The molecule has 5 heteroatoms. The van der Waals surface area contributed by atoms with E-state index in [0.29, 0.717) is 17.6 Å². The summed E-state index contributed by atoms with van der Waals surface area (Å²) >= 11 is 5.66. The van der Waals surface area contributed by atoms with E-state index in [1.807, 2.05) is 31.2 Å². The highest BCUT2D eigenvalue weighted by molar-refractivity contribution is 6.29. The third kappa shape index (κ3) is 3.32. The van der Waals surface area contributed by atoms with Gasteiger partial charge >= 0.3 is 0 Å². The number of aromatic nitrogens is 2. The van der Waals surface area contributed by atoms with Crippen LogP contribution in [0.2, 0.25) is 5.15 Å². The fraction of sp³-hybridized carbons (Fsp3) is 0.167. The van der Waals surface area contributed by atoms with E-state index in [0.717, 1.165) is 11.4 Å². The van der Waals surface area contributed by atoms with Gasteiger partial charge in [-0.1, -0.05) is 17.7 Å². The van der Waals surface area contributed by atoms with Crippen molar-refractivity contribution in [3.8, 4) is 5.75 Å². The van der Waals surface area contributed by atoms with Crippen molar-refractivity contribution < 1.29 is 4.74 Å². The van der Waals surface area contributed by atoms with E-state index in [-0.39, 0.29) is 0 Å². The molecule has 1 N–H and O–H groups in total. The minimum atomic E-state index is 0.374. The molecular formula is C12H12ClN3O. The number of nitrogens with zero attached hydrogens (tertiary/aromatic N) is 2. The molecule has 1 aromatic heterocycles. The van der Waals surface area contributed by atoms with Crippen molar-refractivity contribution in [3.05, 3.63) is 41.6 Å². The first kappa shape index (κ1) is 11.7. The number of hydrogen-bond acceptors (Lipinski definition) is 4. The van der Waals surface area contributed by atoms with E-state index < -0.39 is 0 Å². The second-order valence-corrected chi connectivity index (χ2v) is 3.71. The van der Waals surface area contributed by atoms with Gasteiger partial charge in [0.2, 0.25) is 0 Å². The maximum Gasteiger partial charge on any atom is 0.153 e. The highest BCUT2D eigenvalue weighted by atomic mass is 35.5. The molecule has 0 atom stereocenters. The van der Waals surface area contributed by atoms with E-state index in [9.17, 15) is 0 Å². The normalized spacial score (nSPS) is 10.0. The first-order valence-corrected chi connectivity index (χ1v) is 5.65. The molecule has 2 aromatic rings. The summed E-state index contributed by atoms with van der Waals surface area (Å²) in [5, 5.41) is 11.2. The Bertz CT molecular complexity index is 487. The van der Waals surface area contributed by atoms with E-state index in [4.69, 9.17) is 16.3 Å². The monoisotopic (exact) mass is 249 g/mol. The number of ether oxygens (including phenoxy) is 1. The van der Waals surface area contributed by atoms with Crippen molar-refractivity contribution in [2.45, 2.75) is 6.92 Å². The van der Waals surface area contributed by atoms with Crippen LogP contribution in [0.3, 0.4) is 0 Å². The summed E-state index contributed by atoms with van der Waals surface area (Å²) < 4.78 is 5.41. The highest BCUT2D eigenvalue weighted by Gasteiger charge is 1.99. The summed E-state index contributed by atoms with van der Waals surface area (Å²) in [4.78, 5) is 0. The van der Waals surface area contributed by atoms with E-state index in [1.54, 1.807) is 12.1 Å². The number of rotatable bonds is 4. The third-order valence-corrected chi connectivity index (χ3v) is 2.25. The lowest BCUT2D eigenvalue weighted by molar-refractivity contribution is 0.340. The van der Waals surface area contributed by atoms with Crippen molar-refractivity contribution in [1.29, 1.82) is 0 Å². The summed E-state index contributed by atoms with van der Waals surface area (Å²) in [6, 6.07) is 11.1. The molecule has 0 saturated heterocycles. The molecule has 0 spiro atoms. The Hall–Kier alpha value is -1.81. The highest BCUT2D eigenvalue weighted by Crippen LogP contribution is 2.20. The molecule has 0 saturated carbocycles. The maximum atomic E-state index is 5.66. The molecule has 4 nitrogen and oxygen atoms in total. The molecule has 1 aromatic carbocycles. The summed E-state index contributed by atoms with van der Waals surface area (Å²) in [6.45, 7) is 2.59. The van der Waals surface area contributed by atoms with Crippen molar-refractivity contribution in [2.24, 2.45) is 0 Å². The maximum absolute atomic E-state index is 5.66. The zero-order chi connectivity index (χ0) is 12.1. The Kier molecular flexibility index (Phi) is 3.77. The number of benzene rings is 1. The van der Waals surface area contributed by atoms with Gasteiger partial charge in [0, 0.05) is 11.8 Å². The van der Waals surface area contributed by atoms with E-state index in [2.05, 4.69) is 15.5 Å². The van der Waals surface area contributed by atoms with Gasteiger partial charge in [-0.15, -0.1) is 10.2 Å². The molecule has 0 fully saturated rings. The molecule has 1 heterocycles. The molecule has 88 valence electrons. The van der Waals surface area contributed by atoms with Crippen LogP contribution in [0.5, 0.6) is 5.75 Å². The van der Waals surface area contributed by atoms with Crippen molar-refractivity contribution in [1.82, 2.24) is 10.2 Å². The molecule has 2 rings (SSSR count). The minimum absolute atomic E-state index is 0.374. The molecule has 0 bridgehead atoms. The lowest BCUT2D eigenvalue weighted by atomic mass is 10.3. The standard InChI is InChI=1S/C12H12ClN3O/c1-2-17-10-5-3-4-9(8-10)14-12-7-6-11(13)15-16-12/h3-8H,2H2,1H3,(H,14,16). The van der Waals surface area contributed by atoms with E-state index >= 15 is 0 Å². The Labute approximate surface area is 105 Å². The molecule has 0 unspecified atom stereocenters. The van der Waals surface area contributed by atoms with Crippen LogP contribution in [0, 0.1) is 0 Å². The second-order valence-electron chi connectivity index (χ2n) is 3.33. The van der Waals surface area contributed by atoms with Crippen LogP contribution in [0.1, 0.15) is 6.92 Å². The van der Waals surface area contributed by atoms with Crippen LogP contribution < -0.4 is 10.1 Å². The van der Waals surface area contributed by atoms with Gasteiger partial charge in [0.05, 0.1) is 6.61 Å². The van der Waals surface area contributed by atoms with Gasteiger partial charge in [0.1, 0.15) is 5.75 Å². The molecule has 0 radical (unpaired) electrons. The Morgan fingerprint density at radius 3 is 2.82 bits per heavy atom. The van der Waals surface area contributed by atoms with Crippen LogP contribution in [-0.4, -0.2) is 16.8 Å². The average Bonchev–Trinajstić information content (AvgIpc) is 2.33. The summed E-state index contributed by atoms with van der Waals surface area (Å²) in [5.41, 5.74) is 0.896. The van der Waals surface area contributed by atoms with Crippen molar-refractivity contribution >= 4 is 23.1 Å². The fourth-order valence-corrected chi connectivity index (χ4v) is 1.46. The number of halogens is 1. The van der Waals surface area contributed by atoms with Gasteiger partial charge in [-0.05, 0) is 31.2 Å². The number of anilines is 2. The smallest absolute Gasteiger partial charge is 0.153 e. The fourth-order valence-electron chi connectivity index (χ4n) is 1.36. The predicted octanol–water partition coefficient (Wildman–Crippen LogP) is 3.27. The van der Waals surface area contributed by atoms with Gasteiger partial charge in [0.25, 0.3) is 0 Å². The third-order valence-electron chi connectivity index (χ3n) is 2.05. The Balaban J connectivity index is 2.12. The SMILES string of the molecule is CCOc1cccc(Nc2ccc(Cl)nn2)c1. The number of nitrogens with one attached hydrogen (secondary N) is 1. The lowest BCUT2D eigenvalue weighted by Crippen LogP contribution is -1.96. The average molecular weight is 250 g/mol. The van der Waals surface area contributed by atoms with Crippen LogP contribution in [0.25, 0.3) is 0 Å². The molecule has 0 aliphatic carbocycles. The van der Waals surface area contributed by atoms with E-state index in [1.165, 1.54) is 0 Å². The lowest BCUT2D eigenvalue weighted by Gasteiger charge is -2.07. The van der Waals surface area contributed by atoms with Gasteiger partial charge < -0.3 is 10.1 Å².